The fraction of sp³-hybridized carbons (Fsp3) is 0.333. The molecular weight excluding hydrogens is 253 g/mol. The van der Waals surface area contributed by atoms with Crippen LogP contribution in [-0.4, -0.2) is 12.1 Å². The van der Waals surface area contributed by atoms with Crippen molar-refractivity contribution in [1.82, 2.24) is 0 Å². The molecule has 0 amide bonds. The predicted octanol–water partition coefficient (Wildman–Crippen LogP) is 3.31. The van der Waals surface area contributed by atoms with E-state index in [9.17, 15) is 22.0 Å². The van der Waals surface area contributed by atoms with Gasteiger partial charge in [0.15, 0.2) is 0 Å². The highest BCUT2D eigenvalue weighted by Gasteiger charge is 2.61. The summed E-state index contributed by atoms with van der Waals surface area (Å²) >= 11 is 0. The number of hydrogen-bond donors (Lipinski definition) is 1. The highest BCUT2D eigenvalue weighted by Crippen LogP contribution is 2.43. The van der Waals surface area contributed by atoms with Crippen molar-refractivity contribution in [2.24, 2.45) is 5.73 Å². The normalized spacial score (nSPS) is 14.1. The quantitative estimate of drug-likeness (QED) is 0.812. The Balaban J connectivity index is 0.00000225. The standard InChI is InChI=1S/C9H8F5N.ClH/c10-8(11,9(12,13)14)7(15)6-4-2-1-3-5-6;/h1-5,7H,15H2;1H/t7-;/m0./s1. The van der Waals surface area contributed by atoms with Gasteiger partial charge < -0.3 is 5.73 Å². The lowest BCUT2D eigenvalue weighted by molar-refractivity contribution is -0.291. The summed E-state index contributed by atoms with van der Waals surface area (Å²) in [6, 6.07) is 4.08. The van der Waals surface area contributed by atoms with E-state index < -0.39 is 18.1 Å². The number of benzene rings is 1. The number of nitrogens with two attached hydrogens (primary N) is 1. The van der Waals surface area contributed by atoms with Crippen LogP contribution in [0, 0.1) is 0 Å². The Morgan fingerprint density at radius 2 is 1.38 bits per heavy atom. The van der Waals surface area contributed by atoms with Crippen LogP contribution in [0.15, 0.2) is 30.3 Å². The van der Waals surface area contributed by atoms with E-state index in [4.69, 9.17) is 5.73 Å². The molecular formula is C9H9ClF5N. The minimum absolute atomic E-state index is 0. The molecule has 0 aromatic heterocycles. The van der Waals surface area contributed by atoms with Crippen molar-refractivity contribution in [2.45, 2.75) is 18.1 Å². The summed E-state index contributed by atoms with van der Waals surface area (Å²) in [5.74, 6) is -4.92. The van der Waals surface area contributed by atoms with Crippen LogP contribution in [0.2, 0.25) is 0 Å². The first-order chi connectivity index (χ1) is 6.77. The number of hydrogen-bond acceptors (Lipinski definition) is 1. The van der Waals surface area contributed by atoms with E-state index in [0.29, 0.717) is 0 Å². The zero-order valence-electron chi connectivity index (χ0n) is 7.84. The second kappa shape index (κ2) is 4.97. The first-order valence-corrected chi connectivity index (χ1v) is 4.02. The van der Waals surface area contributed by atoms with E-state index in [0.717, 1.165) is 12.1 Å². The summed E-state index contributed by atoms with van der Waals surface area (Å²) in [5.41, 5.74) is 4.64. The van der Waals surface area contributed by atoms with Gasteiger partial charge >= 0.3 is 12.1 Å². The molecule has 1 aromatic rings. The molecule has 0 aliphatic rings. The van der Waals surface area contributed by atoms with Gasteiger partial charge in [0, 0.05) is 0 Å². The molecule has 0 aliphatic heterocycles. The Hall–Kier alpha value is -0.880. The Bertz CT molecular complexity index is 324. The Kier molecular flexibility index (Phi) is 4.69. The maximum atomic E-state index is 12.8. The average Bonchev–Trinajstić information content (AvgIpc) is 2.16. The van der Waals surface area contributed by atoms with Crippen LogP contribution in [0.1, 0.15) is 11.6 Å². The molecule has 1 atom stereocenters. The van der Waals surface area contributed by atoms with Gasteiger partial charge in [-0.25, -0.2) is 0 Å². The SMILES string of the molecule is Cl.N[C@@H](c1ccccc1)C(F)(F)C(F)(F)F. The topological polar surface area (TPSA) is 26.0 Å². The van der Waals surface area contributed by atoms with Crippen molar-refractivity contribution in [3.05, 3.63) is 35.9 Å². The highest BCUT2D eigenvalue weighted by molar-refractivity contribution is 5.85. The van der Waals surface area contributed by atoms with Crippen LogP contribution in [0.3, 0.4) is 0 Å². The van der Waals surface area contributed by atoms with Gasteiger partial charge in [-0.1, -0.05) is 30.3 Å². The third-order valence-electron chi connectivity index (χ3n) is 1.93. The maximum Gasteiger partial charge on any atom is 0.455 e. The molecule has 0 heterocycles. The summed E-state index contributed by atoms with van der Waals surface area (Å²) in [6.45, 7) is 0. The van der Waals surface area contributed by atoms with Gasteiger partial charge in [0.25, 0.3) is 0 Å². The number of rotatable bonds is 2. The van der Waals surface area contributed by atoms with Crippen LogP contribution >= 0.6 is 12.4 Å². The van der Waals surface area contributed by atoms with E-state index in [1.165, 1.54) is 18.2 Å². The molecule has 0 spiro atoms. The van der Waals surface area contributed by atoms with Gasteiger partial charge in [-0.05, 0) is 5.56 Å². The van der Waals surface area contributed by atoms with Crippen molar-refractivity contribution >= 4 is 12.4 Å². The second-order valence-corrected chi connectivity index (χ2v) is 3.01. The molecule has 1 nitrogen and oxygen atoms in total. The van der Waals surface area contributed by atoms with Crippen molar-refractivity contribution in [1.29, 1.82) is 0 Å². The van der Waals surface area contributed by atoms with E-state index >= 15 is 0 Å². The molecule has 1 aromatic carbocycles. The van der Waals surface area contributed by atoms with Crippen LogP contribution in [-0.2, 0) is 0 Å². The van der Waals surface area contributed by atoms with Crippen LogP contribution in [0.25, 0.3) is 0 Å². The molecule has 7 heteroatoms. The molecule has 1 rings (SSSR count). The summed E-state index contributed by atoms with van der Waals surface area (Å²) < 4.78 is 61.3. The molecule has 0 saturated heterocycles. The summed E-state index contributed by atoms with van der Waals surface area (Å²) in [4.78, 5) is 0. The molecule has 0 aliphatic carbocycles. The molecule has 0 unspecified atom stereocenters. The smallest absolute Gasteiger partial charge is 0.319 e. The lowest BCUT2D eigenvalue weighted by atomic mass is 10.0. The van der Waals surface area contributed by atoms with Gasteiger partial charge in [0.2, 0.25) is 0 Å². The molecule has 92 valence electrons. The van der Waals surface area contributed by atoms with Crippen LogP contribution in [0.5, 0.6) is 0 Å². The van der Waals surface area contributed by atoms with E-state index in [1.54, 1.807) is 0 Å². The van der Waals surface area contributed by atoms with E-state index in [2.05, 4.69) is 0 Å². The monoisotopic (exact) mass is 261 g/mol. The van der Waals surface area contributed by atoms with Crippen molar-refractivity contribution < 1.29 is 22.0 Å². The third-order valence-corrected chi connectivity index (χ3v) is 1.93. The Morgan fingerprint density at radius 1 is 0.938 bits per heavy atom. The zero-order chi connectivity index (χ0) is 11.7. The average molecular weight is 262 g/mol. The largest absolute Gasteiger partial charge is 0.455 e. The number of halogens is 6. The fourth-order valence-corrected chi connectivity index (χ4v) is 1.05. The van der Waals surface area contributed by atoms with Crippen molar-refractivity contribution in [2.75, 3.05) is 0 Å². The van der Waals surface area contributed by atoms with Gasteiger partial charge in [-0.15, -0.1) is 12.4 Å². The second-order valence-electron chi connectivity index (χ2n) is 3.01. The Labute approximate surface area is 94.8 Å². The minimum atomic E-state index is -5.64. The van der Waals surface area contributed by atoms with Gasteiger partial charge in [0.05, 0.1) is 0 Å². The first-order valence-electron chi connectivity index (χ1n) is 4.02. The summed E-state index contributed by atoms with van der Waals surface area (Å²) in [7, 11) is 0. The van der Waals surface area contributed by atoms with Gasteiger partial charge in [-0.3, -0.25) is 0 Å². The maximum absolute atomic E-state index is 12.8. The van der Waals surface area contributed by atoms with Crippen molar-refractivity contribution in [3.8, 4) is 0 Å². The molecule has 0 bridgehead atoms. The van der Waals surface area contributed by atoms with E-state index in [-0.39, 0.29) is 18.0 Å². The van der Waals surface area contributed by atoms with E-state index in [1.807, 2.05) is 0 Å². The first kappa shape index (κ1) is 15.1. The molecule has 0 saturated carbocycles. The molecule has 0 fully saturated rings. The van der Waals surface area contributed by atoms with Gasteiger partial charge in [-0.2, -0.15) is 22.0 Å². The van der Waals surface area contributed by atoms with Crippen LogP contribution < -0.4 is 5.73 Å². The fourth-order valence-electron chi connectivity index (χ4n) is 1.05. The summed E-state index contributed by atoms with van der Waals surface area (Å²) in [5, 5.41) is 0. The van der Waals surface area contributed by atoms with Gasteiger partial charge in [0.1, 0.15) is 6.04 Å². The lowest BCUT2D eigenvalue weighted by Gasteiger charge is -2.25. The predicted molar refractivity (Wildman–Crippen MR) is 51.6 cm³/mol. The highest BCUT2D eigenvalue weighted by atomic mass is 35.5. The molecule has 2 N–H and O–H groups in total. The molecule has 16 heavy (non-hydrogen) atoms. The third kappa shape index (κ3) is 2.82. The van der Waals surface area contributed by atoms with Crippen LogP contribution in [0.4, 0.5) is 22.0 Å². The zero-order valence-corrected chi connectivity index (χ0v) is 8.66. The number of alkyl halides is 5. The molecule has 0 radical (unpaired) electrons. The van der Waals surface area contributed by atoms with Crippen molar-refractivity contribution in [3.63, 3.8) is 0 Å². The Morgan fingerprint density at radius 3 is 1.75 bits per heavy atom. The summed E-state index contributed by atoms with van der Waals surface area (Å²) in [6.07, 6.45) is -5.64. The minimum Gasteiger partial charge on any atom is -0.319 e. The lowest BCUT2D eigenvalue weighted by Crippen LogP contribution is -2.45.